The van der Waals surface area contributed by atoms with Gasteiger partial charge in [-0.1, -0.05) is 0 Å². The van der Waals surface area contributed by atoms with Crippen LogP contribution >= 0.6 is 0 Å². The summed E-state index contributed by atoms with van der Waals surface area (Å²) in [5, 5.41) is 0. The van der Waals surface area contributed by atoms with Gasteiger partial charge in [0, 0.05) is 5.56 Å². The maximum atomic E-state index is 10.9. The minimum absolute atomic E-state index is 0.133. The van der Waals surface area contributed by atoms with Gasteiger partial charge in [0.2, 0.25) is 5.91 Å². The van der Waals surface area contributed by atoms with Gasteiger partial charge in [0.15, 0.2) is 0 Å². The number of hydrogen-bond donors (Lipinski definition) is 1. The Morgan fingerprint density at radius 1 is 1.43 bits per heavy atom. The molecule has 0 radical (unpaired) electrons. The first-order valence-corrected chi connectivity index (χ1v) is 4.58. The van der Waals surface area contributed by atoms with E-state index in [4.69, 9.17) is 10.5 Å². The number of ether oxygens (including phenoxy) is 1. The molecule has 0 spiro atoms. The van der Waals surface area contributed by atoms with Crippen LogP contribution in [0.2, 0.25) is 0 Å². The van der Waals surface area contributed by atoms with Crippen LogP contribution in [0.25, 0.3) is 0 Å². The van der Waals surface area contributed by atoms with Gasteiger partial charge in [-0.25, -0.2) is 0 Å². The molecule has 1 rings (SSSR count). The van der Waals surface area contributed by atoms with E-state index in [0.717, 1.165) is 11.3 Å². The molecule has 2 N–H and O–H groups in total. The zero-order chi connectivity index (χ0) is 10.7. The normalized spacial score (nSPS) is 10.3. The van der Waals surface area contributed by atoms with E-state index in [-0.39, 0.29) is 6.10 Å². The molecule has 1 aromatic carbocycles. The maximum Gasteiger partial charge on any atom is 0.248 e. The van der Waals surface area contributed by atoms with Crippen LogP contribution in [0.3, 0.4) is 0 Å². The topological polar surface area (TPSA) is 52.3 Å². The number of carbonyl (C=O) groups excluding carboxylic acids is 1. The largest absolute Gasteiger partial charge is 0.491 e. The van der Waals surface area contributed by atoms with E-state index in [0.29, 0.717) is 5.56 Å². The number of benzene rings is 1. The maximum absolute atomic E-state index is 10.9. The second-order valence-electron chi connectivity index (χ2n) is 3.51. The molecule has 1 aromatic rings. The molecule has 14 heavy (non-hydrogen) atoms. The van der Waals surface area contributed by atoms with Crippen LogP contribution in [0.1, 0.15) is 29.8 Å². The van der Waals surface area contributed by atoms with Gasteiger partial charge >= 0.3 is 0 Å². The van der Waals surface area contributed by atoms with Gasteiger partial charge in [0.25, 0.3) is 0 Å². The third-order valence-electron chi connectivity index (χ3n) is 1.84. The van der Waals surface area contributed by atoms with E-state index >= 15 is 0 Å². The first kappa shape index (κ1) is 10.6. The Balaban J connectivity index is 2.94. The Morgan fingerprint density at radius 3 is 2.50 bits per heavy atom. The molecule has 0 unspecified atom stereocenters. The molecule has 0 aliphatic rings. The molecule has 0 bridgehead atoms. The lowest BCUT2D eigenvalue weighted by atomic mass is 10.1. The predicted octanol–water partition coefficient (Wildman–Crippen LogP) is 1.88. The fourth-order valence-electron chi connectivity index (χ4n) is 1.26. The first-order valence-electron chi connectivity index (χ1n) is 4.58. The van der Waals surface area contributed by atoms with Gasteiger partial charge in [-0.2, -0.15) is 0 Å². The van der Waals surface area contributed by atoms with Crippen molar-refractivity contribution in [2.24, 2.45) is 5.73 Å². The number of nitrogens with two attached hydrogens (primary N) is 1. The van der Waals surface area contributed by atoms with E-state index < -0.39 is 5.91 Å². The highest BCUT2D eigenvalue weighted by Gasteiger charge is 2.06. The van der Waals surface area contributed by atoms with Gasteiger partial charge in [0.1, 0.15) is 5.75 Å². The summed E-state index contributed by atoms with van der Waals surface area (Å²) in [7, 11) is 0. The smallest absolute Gasteiger partial charge is 0.248 e. The average molecular weight is 193 g/mol. The van der Waals surface area contributed by atoms with Crippen LogP contribution < -0.4 is 10.5 Å². The van der Waals surface area contributed by atoms with Gasteiger partial charge in [-0.05, 0) is 44.5 Å². The minimum atomic E-state index is -0.404. The number of rotatable bonds is 3. The van der Waals surface area contributed by atoms with E-state index in [9.17, 15) is 4.79 Å². The molecule has 0 atom stereocenters. The molecule has 0 saturated heterocycles. The molecule has 0 heterocycles. The first-order chi connectivity index (χ1) is 6.50. The Hall–Kier alpha value is -1.51. The summed E-state index contributed by atoms with van der Waals surface area (Å²) < 4.78 is 5.48. The third kappa shape index (κ3) is 2.49. The van der Waals surface area contributed by atoms with Gasteiger partial charge in [-0.3, -0.25) is 4.79 Å². The van der Waals surface area contributed by atoms with Gasteiger partial charge < -0.3 is 10.5 Å². The highest BCUT2D eigenvalue weighted by atomic mass is 16.5. The van der Waals surface area contributed by atoms with Crippen LogP contribution in [0.15, 0.2) is 18.2 Å². The van der Waals surface area contributed by atoms with E-state index in [1.807, 2.05) is 26.8 Å². The Labute approximate surface area is 83.9 Å². The van der Waals surface area contributed by atoms with Gasteiger partial charge in [0.05, 0.1) is 6.10 Å². The number of hydrogen-bond acceptors (Lipinski definition) is 2. The average Bonchev–Trinajstić information content (AvgIpc) is 2.01. The summed E-state index contributed by atoms with van der Waals surface area (Å²) in [5.74, 6) is 0.362. The molecule has 0 aliphatic carbocycles. The highest BCUT2D eigenvalue weighted by molar-refractivity contribution is 5.94. The summed E-state index contributed by atoms with van der Waals surface area (Å²) in [4.78, 5) is 10.9. The number of primary amides is 1. The van der Waals surface area contributed by atoms with E-state index in [2.05, 4.69) is 0 Å². The van der Waals surface area contributed by atoms with Crippen molar-refractivity contribution in [3.63, 3.8) is 0 Å². The van der Waals surface area contributed by atoms with Crippen LogP contribution in [0.4, 0.5) is 0 Å². The van der Waals surface area contributed by atoms with Crippen molar-refractivity contribution in [3.8, 4) is 5.75 Å². The van der Waals surface area contributed by atoms with Crippen molar-refractivity contribution in [2.45, 2.75) is 26.9 Å². The number of carbonyl (C=O) groups is 1. The molecule has 0 fully saturated rings. The second-order valence-corrected chi connectivity index (χ2v) is 3.51. The highest BCUT2D eigenvalue weighted by Crippen LogP contribution is 2.17. The summed E-state index contributed by atoms with van der Waals surface area (Å²) in [5.41, 5.74) is 6.57. The SMILES string of the molecule is Cc1cc(OC(C)C)ccc1C(N)=O. The van der Waals surface area contributed by atoms with Crippen molar-refractivity contribution in [1.29, 1.82) is 0 Å². The summed E-state index contributed by atoms with van der Waals surface area (Å²) >= 11 is 0. The molecule has 0 saturated carbocycles. The van der Waals surface area contributed by atoms with Crippen LogP contribution in [-0.4, -0.2) is 12.0 Å². The zero-order valence-electron chi connectivity index (χ0n) is 8.70. The van der Waals surface area contributed by atoms with E-state index in [1.54, 1.807) is 12.1 Å². The van der Waals surface area contributed by atoms with Crippen molar-refractivity contribution in [1.82, 2.24) is 0 Å². The fraction of sp³-hybridized carbons (Fsp3) is 0.364. The molecule has 76 valence electrons. The van der Waals surface area contributed by atoms with Crippen LogP contribution in [0.5, 0.6) is 5.75 Å². The number of aryl methyl sites for hydroxylation is 1. The Morgan fingerprint density at radius 2 is 2.07 bits per heavy atom. The molecule has 3 nitrogen and oxygen atoms in total. The third-order valence-corrected chi connectivity index (χ3v) is 1.84. The molecule has 3 heteroatoms. The Kier molecular flexibility index (Phi) is 3.12. The van der Waals surface area contributed by atoms with E-state index in [1.165, 1.54) is 0 Å². The standard InChI is InChI=1S/C11H15NO2/c1-7(2)14-9-4-5-10(11(12)13)8(3)6-9/h4-7H,1-3H3,(H2,12,13). The monoisotopic (exact) mass is 193 g/mol. The second kappa shape index (κ2) is 4.13. The van der Waals surface area contributed by atoms with Crippen LogP contribution in [0, 0.1) is 6.92 Å². The van der Waals surface area contributed by atoms with Gasteiger partial charge in [-0.15, -0.1) is 0 Å². The van der Waals surface area contributed by atoms with Crippen LogP contribution in [-0.2, 0) is 0 Å². The quantitative estimate of drug-likeness (QED) is 0.796. The lowest BCUT2D eigenvalue weighted by Gasteiger charge is -2.11. The molecular weight excluding hydrogens is 178 g/mol. The zero-order valence-corrected chi connectivity index (χ0v) is 8.70. The lowest BCUT2D eigenvalue weighted by Crippen LogP contribution is -2.13. The summed E-state index contributed by atoms with van der Waals surface area (Å²) in [6, 6.07) is 5.27. The molecule has 0 aliphatic heterocycles. The summed E-state index contributed by atoms with van der Waals surface area (Å²) in [6.07, 6.45) is 0.133. The minimum Gasteiger partial charge on any atom is -0.491 e. The molecule has 1 amide bonds. The predicted molar refractivity (Wildman–Crippen MR) is 55.5 cm³/mol. The fourth-order valence-corrected chi connectivity index (χ4v) is 1.26. The summed E-state index contributed by atoms with van der Waals surface area (Å²) in [6.45, 7) is 5.75. The molecule has 0 aromatic heterocycles. The molecular formula is C11H15NO2. The Bertz CT molecular complexity index is 345. The van der Waals surface area contributed by atoms with Crippen molar-refractivity contribution < 1.29 is 9.53 Å². The number of amides is 1. The van der Waals surface area contributed by atoms with Crippen molar-refractivity contribution in [2.75, 3.05) is 0 Å². The van der Waals surface area contributed by atoms with Crippen molar-refractivity contribution in [3.05, 3.63) is 29.3 Å². The van der Waals surface area contributed by atoms with Crippen molar-refractivity contribution >= 4 is 5.91 Å². The lowest BCUT2D eigenvalue weighted by molar-refractivity contribution is 0.0999.